The first-order valence-electron chi connectivity index (χ1n) is 10.2. The molecule has 0 fully saturated rings. The van der Waals surface area contributed by atoms with Crippen molar-refractivity contribution in [3.05, 3.63) is 77.6 Å². The number of hydrogen-bond donors (Lipinski definition) is 3. The molecule has 0 aliphatic carbocycles. The van der Waals surface area contributed by atoms with Crippen molar-refractivity contribution in [2.45, 2.75) is 25.9 Å². The number of aryl methyl sites for hydroxylation is 1. The summed E-state index contributed by atoms with van der Waals surface area (Å²) in [5.74, 6) is -1.45. The van der Waals surface area contributed by atoms with Crippen molar-refractivity contribution in [3.63, 3.8) is 0 Å². The van der Waals surface area contributed by atoms with Gasteiger partial charge in [-0.3, -0.25) is 19.9 Å². The van der Waals surface area contributed by atoms with E-state index in [1.165, 1.54) is 6.07 Å². The fourth-order valence-electron chi connectivity index (χ4n) is 3.17. The molecule has 0 radical (unpaired) electrons. The monoisotopic (exact) mass is 471 g/mol. The van der Waals surface area contributed by atoms with Gasteiger partial charge in [-0.15, -0.1) is 0 Å². The summed E-state index contributed by atoms with van der Waals surface area (Å²) >= 11 is 0. The fourth-order valence-corrected chi connectivity index (χ4v) is 3.17. The van der Waals surface area contributed by atoms with Crippen LogP contribution in [0.3, 0.4) is 0 Å². The number of alkyl halides is 3. The Morgan fingerprint density at radius 3 is 2.32 bits per heavy atom. The standard InChI is InChI=1S/C24H20F3N3O4/c1-2-18-8-6-16(13-28-18)14-4-3-5-15(10-14)21(31)12-22(32)29-20-11-17(24(25,26)27)7-9-19(20)30-23(33)34/h3-11,13,30H,2,12H2,1H3,(H,29,32)(H,33,34). The second-order valence-electron chi connectivity index (χ2n) is 7.31. The van der Waals surface area contributed by atoms with Crippen molar-refractivity contribution in [2.75, 3.05) is 10.6 Å². The summed E-state index contributed by atoms with van der Waals surface area (Å²) in [6.45, 7) is 1.98. The maximum absolute atomic E-state index is 13.0. The number of nitrogens with zero attached hydrogens (tertiary/aromatic N) is 1. The number of aromatic nitrogens is 1. The predicted molar refractivity (Wildman–Crippen MR) is 120 cm³/mol. The van der Waals surface area contributed by atoms with Gasteiger partial charge in [-0.2, -0.15) is 13.2 Å². The lowest BCUT2D eigenvalue weighted by Gasteiger charge is -2.14. The van der Waals surface area contributed by atoms with Gasteiger partial charge in [-0.05, 0) is 42.3 Å². The summed E-state index contributed by atoms with van der Waals surface area (Å²) in [5.41, 5.74) is 0.897. The first-order valence-corrected chi connectivity index (χ1v) is 10.2. The number of ketones is 1. The van der Waals surface area contributed by atoms with Crippen molar-refractivity contribution in [1.29, 1.82) is 0 Å². The molecule has 2 amide bonds. The lowest BCUT2D eigenvalue weighted by Crippen LogP contribution is -2.19. The zero-order valence-electron chi connectivity index (χ0n) is 17.9. The van der Waals surface area contributed by atoms with Gasteiger partial charge in [0.05, 0.1) is 23.4 Å². The first kappa shape index (κ1) is 24.4. The average molecular weight is 471 g/mol. The highest BCUT2D eigenvalue weighted by Crippen LogP contribution is 2.34. The molecule has 3 N–H and O–H groups in total. The highest BCUT2D eigenvalue weighted by molar-refractivity contribution is 6.12. The topological polar surface area (TPSA) is 108 Å². The Kier molecular flexibility index (Phi) is 7.30. The average Bonchev–Trinajstić information content (AvgIpc) is 2.79. The van der Waals surface area contributed by atoms with Gasteiger partial charge in [0.1, 0.15) is 0 Å². The minimum absolute atomic E-state index is 0.236. The number of halogens is 3. The molecule has 0 spiro atoms. The van der Waals surface area contributed by atoms with Gasteiger partial charge in [0, 0.05) is 23.0 Å². The van der Waals surface area contributed by atoms with Crippen LogP contribution in [-0.4, -0.2) is 27.9 Å². The molecule has 176 valence electrons. The first-order chi connectivity index (χ1) is 16.1. The third-order valence-corrected chi connectivity index (χ3v) is 4.89. The third kappa shape index (κ3) is 6.18. The molecule has 3 rings (SSSR count). The van der Waals surface area contributed by atoms with Crippen LogP contribution in [0.2, 0.25) is 0 Å². The molecule has 34 heavy (non-hydrogen) atoms. The second kappa shape index (κ2) is 10.2. The van der Waals surface area contributed by atoms with Crippen LogP contribution in [0, 0.1) is 0 Å². The summed E-state index contributed by atoms with van der Waals surface area (Å²) in [5, 5.41) is 13.0. The highest BCUT2D eigenvalue weighted by atomic mass is 19.4. The van der Waals surface area contributed by atoms with E-state index in [0.29, 0.717) is 17.7 Å². The quantitative estimate of drug-likeness (QED) is 0.306. The molecule has 10 heteroatoms. The van der Waals surface area contributed by atoms with E-state index in [2.05, 4.69) is 10.3 Å². The molecule has 3 aromatic rings. The summed E-state index contributed by atoms with van der Waals surface area (Å²) in [4.78, 5) is 40.3. The van der Waals surface area contributed by atoms with Crippen molar-refractivity contribution >= 4 is 29.2 Å². The number of pyridine rings is 1. The Morgan fingerprint density at radius 1 is 0.941 bits per heavy atom. The zero-order chi connectivity index (χ0) is 24.9. The van der Waals surface area contributed by atoms with E-state index in [1.54, 1.807) is 24.4 Å². The number of rotatable bonds is 7. The molecule has 0 unspecified atom stereocenters. The molecule has 7 nitrogen and oxygen atoms in total. The SMILES string of the molecule is CCc1ccc(-c2cccc(C(=O)CC(=O)Nc3cc(C(F)(F)F)ccc3NC(=O)O)c2)cn1. The van der Waals surface area contributed by atoms with E-state index >= 15 is 0 Å². The maximum Gasteiger partial charge on any atom is 0.416 e. The lowest BCUT2D eigenvalue weighted by atomic mass is 10.0. The van der Waals surface area contributed by atoms with E-state index in [0.717, 1.165) is 23.7 Å². The van der Waals surface area contributed by atoms with Crippen LogP contribution in [0.25, 0.3) is 11.1 Å². The number of carbonyl (C=O) groups excluding carboxylic acids is 2. The number of Topliss-reactive ketones (excluding diaryl/α,β-unsaturated/α-hetero) is 1. The summed E-state index contributed by atoms with van der Waals surface area (Å²) < 4.78 is 39.1. The Morgan fingerprint density at radius 2 is 1.71 bits per heavy atom. The predicted octanol–water partition coefficient (Wildman–Crippen LogP) is 5.63. The molecule has 1 aromatic heterocycles. The number of carbonyl (C=O) groups is 3. The van der Waals surface area contributed by atoms with E-state index < -0.39 is 41.6 Å². The maximum atomic E-state index is 13.0. The largest absolute Gasteiger partial charge is 0.465 e. The van der Waals surface area contributed by atoms with Gasteiger partial charge in [0.15, 0.2) is 5.78 Å². The molecule has 1 heterocycles. The number of hydrogen-bond acceptors (Lipinski definition) is 4. The number of amides is 2. The molecule has 0 bridgehead atoms. The minimum atomic E-state index is -4.71. The molecule has 2 aromatic carbocycles. The Labute approximate surface area is 192 Å². The van der Waals surface area contributed by atoms with E-state index in [1.807, 2.05) is 24.4 Å². The van der Waals surface area contributed by atoms with Crippen LogP contribution >= 0.6 is 0 Å². The third-order valence-electron chi connectivity index (χ3n) is 4.89. The molecule has 0 aliphatic rings. The smallest absolute Gasteiger partial charge is 0.416 e. The number of carboxylic acid groups (broad SMARTS) is 1. The second-order valence-corrected chi connectivity index (χ2v) is 7.31. The van der Waals surface area contributed by atoms with Gasteiger partial charge >= 0.3 is 12.3 Å². The summed E-state index contributed by atoms with van der Waals surface area (Å²) in [6, 6.07) is 12.5. The van der Waals surface area contributed by atoms with Crippen molar-refractivity contribution in [2.24, 2.45) is 0 Å². The van der Waals surface area contributed by atoms with Gasteiger partial charge in [-0.25, -0.2) is 4.79 Å². The van der Waals surface area contributed by atoms with Crippen LogP contribution in [-0.2, 0) is 17.4 Å². The zero-order valence-corrected chi connectivity index (χ0v) is 17.9. The van der Waals surface area contributed by atoms with Crippen LogP contribution in [0.15, 0.2) is 60.8 Å². The van der Waals surface area contributed by atoms with Crippen LogP contribution in [0.4, 0.5) is 29.3 Å². The lowest BCUT2D eigenvalue weighted by molar-refractivity contribution is -0.137. The Bertz CT molecular complexity index is 1220. The number of nitrogens with one attached hydrogen (secondary N) is 2. The fraction of sp³-hybridized carbons (Fsp3) is 0.167. The molecule has 0 saturated carbocycles. The number of anilines is 2. The van der Waals surface area contributed by atoms with Gasteiger partial charge in [-0.1, -0.05) is 31.2 Å². The van der Waals surface area contributed by atoms with Gasteiger partial charge in [0.2, 0.25) is 5.91 Å². The Balaban J connectivity index is 1.77. The van der Waals surface area contributed by atoms with Crippen LogP contribution in [0.1, 0.15) is 35.0 Å². The molecular weight excluding hydrogens is 451 g/mol. The van der Waals surface area contributed by atoms with Gasteiger partial charge < -0.3 is 10.4 Å². The minimum Gasteiger partial charge on any atom is -0.465 e. The Hall–Kier alpha value is -4.21. The van der Waals surface area contributed by atoms with E-state index in [4.69, 9.17) is 5.11 Å². The number of benzene rings is 2. The van der Waals surface area contributed by atoms with Crippen LogP contribution < -0.4 is 10.6 Å². The molecule has 0 atom stereocenters. The highest BCUT2D eigenvalue weighted by Gasteiger charge is 2.31. The van der Waals surface area contributed by atoms with Crippen molar-refractivity contribution < 1.29 is 32.7 Å². The normalized spacial score (nSPS) is 11.1. The van der Waals surface area contributed by atoms with Crippen molar-refractivity contribution in [3.8, 4) is 11.1 Å². The molecule has 0 aliphatic heterocycles. The molecule has 0 saturated heterocycles. The van der Waals surface area contributed by atoms with E-state index in [9.17, 15) is 27.6 Å². The van der Waals surface area contributed by atoms with Gasteiger partial charge in [0.25, 0.3) is 0 Å². The van der Waals surface area contributed by atoms with Crippen LogP contribution in [0.5, 0.6) is 0 Å². The summed E-state index contributed by atoms with van der Waals surface area (Å²) in [6.07, 6.45) is -4.42. The van der Waals surface area contributed by atoms with Crippen molar-refractivity contribution in [1.82, 2.24) is 4.98 Å². The van der Waals surface area contributed by atoms with E-state index in [-0.39, 0.29) is 11.3 Å². The summed E-state index contributed by atoms with van der Waals surface area (Å²) in [7, 11) is 0. The molecular formula is C24H20F3N3O4.